The van der Waals surface area contributed by atoms with Gasteiger partial charge in [-0.3, -0.25) is 14.8 Å². The van der Waals surface area contributed by atoms with Crippen LogP contribution in [0.4, 0.5) is 0 Å². The first-order chi connectivity index (χ1) is 3.72. The molecule has 1 N–H and O–H groups in total. The number of hydrogen-bond donors (Lipinski definition) is 1. The molecule has 0 spiro atoms. The van der Waals surface area contributed by atoms with Crippen LogP contribution >= 0.6 is 0 Å². The number of nitrogens with zero attached hydrogens (tertiary/aromatic N) is 1. The minimum Gasteiger partial charge on any atom is -1.00 e. The molecule has 48 valence electrons. The van der Waals surface area contributed by atoms with E-state index in [0.717, 1.165) is 0 Å². The summed E-state index contributed by atoms with van der Waals surface area (Å²) in [4.78, 5) is 20.5. The number of hydrogen-bond acceptors (Lipinski definition) is 3. The summed E-state index contributed by atoms with van der Waals surface area (Å²) in [6.45, 7) is 0. The maximum Gasteiger partial charge on any atom is 2.00 e. The van der Waals surface area contributed by atoms with Crippen LogP contribution in [-0.4, -0.2) is 32.2 Å². The van der Waals surface area contributed by atoms with E-state index in [1.54, 1.807) is 0 Å². The predicted molar refractivity (Wildman–Crippen MR) is 30.9 cm³/mol. The second kappa shape index (κ2) is 2.71. The van der Waals surface area contributed by atoms with E-state index < -0.39 is 11.8 Å². The van der Waals surface area contributed by atoms with E-state index in [9.17, 15) is 9.59 Å². The molecular weight excluding hydrogens is 119 g/mol. The van der Waals surface area contributed by atoms with Gasteiger partial charge in [0, 0.05) is 12.8 Å². The third kappa shape index (κ3) is 1.34. The fourth-order valence-corrected chi connectivity index (χ4v) is 0.565. The maximum atomic E-state index is 10.2. The van der Waals surface area contributed by atoms with Crippen LogP contribution in [-0.2, 0) is 9.59 Å². The van der Waals surface area contributed by atoms with Crippen molar-refractivity contribution in [1.29, 1.82) is 0 Å². The molecule has 0 aromatic heterocycles. The van der Waals surface area contributed by atoms with E-state index in [2.05, 4.69) is 0 Å². The molecule has 1 fully saturated rings. The molecule has 4 nitrogen and oxygen atoms in total. The van der Waals surface area contributed by atoms with Gasteiger partial charge in [-0.25, -0.2) is 0 Å². The van der Waals surface area contributed by atoms with E-state index in [1.165, 1.54) is 0 Å². The van der Waals surface area contributed by atoms with Crippen molar-refractivity contribution in [2.45, 2.75) is 12.8 Å². The van der Waals surface area contributed by atoms with Gasteiger partial charge in [-0.15, -0.1) is 0 Å². The second-order valence-electron chi connectivity index (χ2n) is 1.60. The summed E-state index contributed by atoms with van der Waals surface area (Å²) < 4.78 is 0. The molecule has 0 bridgehead atoms. The van der Waals surface area contributed by atoms with Crippen LogP contribution < -0.4 is 0 Å². The largest absolute Gasteiger partial charge is 2.00 e. The minimum atomic E-state index is -0.505. The third-order valence-corrected chi connectivity index (χ3v) is 1.03. The van der Waals surface area contributed by atoms with Gasteiger partial charge in [0.25, 0.3) is 11.8 Å². The maximum absolute atomic E-state index is 10.2. The molecule has 5 heteroatoms. The summed E-state index contributed by atoms with van der Waals surface area (Å²) in [5.41, 5.74) is 0. The molecule has 0 radical (unpaired) electrons. The third-order valence-electron chi connectivity index (χ3n) is 1.03. The number of hydroxylamine groups is 2. The van der Waals surface area contributed by atoms with Crippen molar-refractivity contribution in [2.24, 2.45) is 0 Å². The molecule has 0 aromatic rings. The molecule has 1 saturated heterocycles. The molecule has 1 aliphatic heterocycles. The first-order valence-corrected chi connectivity index (χ1v) is 2.26. The van der Waals surface area contributed by atoms with Gasteiger partial charge in [0.05, 0.1) is 0 Å². The van der Waals surface area contributed by atoms with Gasteiger partial charge in [0.2, 0.25) is 0 Å². The Balaban J connectivity index is -0.000000213. The molecule has 0 aromatic carbocycles. The molecule has 9 heavy (non-hydrogen) atoms. The van der Waals surface area contributed by atoms with Crippen molar-refractivity contribution in [3.63, 3.8) is 0 Å². The molecule has 0 unspecified atom stereocenters. The molecule has 0 saturated carbocycles. The average Bonchev–Trinajstić information content (AvgIpc) is 1.98. The summed E-state index contributed by atoms with van der Waals surface area (Å²) >= 11 is 0. The predicted octanol–water partition coefficient (Wildman–Crippen LogP) is -0.631. The smallest absolute Gasteiger partial charge is 1.00 e. The molecule has 1 rings (SSSR count). The van der Waals surface area contributed by atoms with Crippen LogP contribution in [0.5, 0.6) is 0 Å². The van der Waals surface area contributed by atoms with Gasteiger partial charge >= 0.3 is 10.1 Å². The normalized spacial score (nSPS) is 18.1. The van der Waals surface area contributed by atoms with Crippen LogP contribution in [0, 0.1) is 0 Å². The molecule has 1 aliphatic rings. The molecule has 0 aliphatic carbocycles. The summed E-state index contributed by atoms with van der Waals surface area (Å²) in [6, 6.07) is 0. The zero-order valence-electron chi connectivity index (χ0n) is 6.83. The fraction of sp³-hybridized carbons (Fsp3) is 0.500. The Morgan fingerprint density at radius 2 is 1.67 bits per heavy atom. The Kier molecular flexibility index (Phi) is 2.49. The van der Waals surface area contributed by atoms with E-state index in [1.807, 2.05) is 0 Å². The first-order valence-electron chi connectivity index (χ1n) is 2.26. The molecule has 2 amide bonds. The summed E-state index contributed by atoms with van der Waals surface area (Å²) in [5.74, 6) is -1.01. The summed E-state index contributed by atoms with van der Waals surface area (Å²) in [5, 5.41) is 8.57. The van der Waals surface area contributed by atoms with Gasteiger partial charge in [0.1, 0.15) is 0 Å². The SMILES string of the molecule is O=C1CCC(=O)N1O.[Be+2].[H-].[H-]. The minimum absolute atomic E-state index is 0. The summed E-state index contributed by atoms with van der Waals surface area (Å²) in [6.07, 6.45) is 0.296. The fourth-order valence-electron chi connectivity index (χ4n) is 0.565. The number of rotatable bonds is 0. The topological polar surface area (TPSA) is 57.6 Å². The average molecular weight is 126 g/mol. The van der Waals surface area contributed by atoms with Crippen molar-refractivity contribution in [3.05, 3.63) is 0 Å². The Labute approximate surface area is 58.6 Å². The van der Waals surface area contributed by atoms with Crippen LogP contribution in [0.25, 0.3) is 0 Å². The van der Waals surface area contributed by atoms with Crippen molar-refractivity contribution in [1.82, 2.24) is 5.06 Å². The van der Waals surface area contributed by atoms with Crippen molar-refractivity contribution >= 4 is 21.9 Å². The van der Waals surface area contributed by atoms with Gasteiger partial charge < -0.3 is 2.85 Å². The number of carbonyl (C=O) groups is 2. The molecule has 1 heterocycles. The molecular formula is C4H7BeNO3. The van der Waals surface area contributed by atoms with Gasteiger partial charge in [-0.05, 0) is 0 Å². The zero-order valence-corrected chi connectivity index (χ0v) is 4.83. The number of carbonyl (C=O) groups excluding carboxylic acids is 2. The van der Waals surface area contributed by atoms with E-state index in [0.29, 0.717) is 0 Å². The van der Waals surface area contributed by atoms with Gasteiger partial charge in [-0.1, -0.05) is 0 Å². The van der Waals surface area contributed by atoms with Gasteiger partial charge in [-0.2, -0.15) is 5.06 Å². The number of amides is 2. The monoisotopic (exact) mass is 126 g/mol. The van der Waals surface area contributed by atoms with Crippen LogP contribution in [0.1, 0.15) is 15.7 Å². The van der Waals surface area contributed by atoms with Crippen LogP contribution in [0.2, 0.25) is 0 Å². The first kappa shape index (κ1) is 8.27. The Morgan fingerprint density at radius 1 is 1.33 bits per heavy atom. The second-order valence-corrected chi connectivity index (χ2v) is 1.60. The van der Waals surface area contributed by atoms with Crippen molar-refractivity contribution in [2.75, 3.05) is 0 Å². The van der Waals surface area contributed by atoms with Crippen LogP contribution in [0.15, 0.2) is 0 Å². The Hall–Kier alpha value is -0.731. The summed E-state index contributed by atoms with van der Waals surface area (Å²) in [7, 11) is 0. The Bertz CT molecular complexity index is 138. The van der Waals surface area contributed by atoms with E-state index in [-0.39, 0.29) is 30.9 Å². The van der Waals surface area contributed by atoms with Gasteiger partial charge in [0.15, 0.2) is 0 Å². The van der Waals surface area contributed by atoms with E-state index in [4.69, 9.17) is 5.21 Å². The molecule has 0 atom stereocenters. The number of imide groups is 1. The van der Waals surface area contributed by atoms with Crippen LogP contribution in [0.3, 0.4) is 0 Å². The van der Waals surface area contributed by atoms with E-state index >= 15 is 0 Å². The van der Waals surface area contributed by atoms with Crippen molar-refractivity contribution in [3.8, 4) is 0 Å². The quantitative estimate of drug-likeness (QED) is 0.267. The zero-order chi connectivity index (χ0) is 6.15. The van der Waals surface area contributed by atoms with Crippen molar-refractivity contribution < 1.29 is 17.6 Å². The standard InChI is InChI=1S/C4H5NO3.Be.2H/c6-3-1-2-4(7)5(3)8;;;/h8H,1-2H2;;;/q;+2;2*-1. The Morgan fingerprint density at radius 3 is 1.78 bits per heavy atom.